The average Bonchev–Trinajstić information content (AvgIpc) is 3.16. The van der Waals surface area contributed by atoms with E-state index in [1.807, 2.05) is 24.3 Å². The fourth-order valence-electron chi connectivity index (χ4n) is 2.75. The van der Waals surface area contributed by atoms with E-state index in [4.69, 9.17) is 4.42 Å². The molecule has 0 fully saturated rings. The van der Waals surface area contributed by atoms with Gasteiger partial charge in [-0.1, -0.05) is 18.2 Å². The average molecular weight is 358 g/mol. The Hall–Kier alpha value is -3.93. The van der Waals surface area contributed by atoms with E-state index in [1.165, 1.54) is 12.1 Å². The van der Waals surface area contributed by atoms with Crippen molar-refractivity contribution in [2.24, 2.45) is 0 Å². The SMILES string of the molecule is O=[N+]([O-])c1ccc(-c2ccc(C=Cc3ccc4cccc(O)c4n3)o2)cc1. The topological polar surface area (TPSA) is 89.4 Å². The normalized spacial score (nSPS) is 11.3. The molecule has 4 aromatic rings. The lowest BCUT2D eigenvalue weighted by atomic mass is 10.1. The number of para-hydroxylation sites is 1. The zero-order valence-corrected chi connectivity index (χ0v) is 14.1. The van der Waals surface area contributed by atoms with Gasteiger partial charge in [0.05, 0.1) is 10.6 Å². The van der Waals surface area contributed by atoms with Crippen LogP contribution in [0.5, 0.6) is 5.75 Å². The number of benzene rings is 2. The number of nitrogens with zero attached hydrogens (tertiary/aromatic N) is 2. The van der Waals surface area contributed by atoms with E-state index < -0.39 is 4.92 Å². The highest BCUT2D eigenvalue weighted by molar-refractivity contribution is 5.85. The summed E-state index contributed by atoms with van der Waals surface area (Å²) in [4.78, 5) is 14.7. The van der Waals surface area contributed by atoms with Crippen LogP contribution in [-0.2, 0) is 0 Å². The summed E-state index contributed by atoms with van der Waals surface area (Å²) in [6.07, 6.45) is 3.58. The summed E-state index contributed by atoms with van der Waals surface area (Å²) >= 11 is 0. The molecule has 0 bridgehead atoms. The van der Waals surface area contributed by atoms with E-state index in [2.05, 4.69) is 4.98 Å². The molecule has 1 N–H and O–H groups in total. The lowest BCUT2D eigenvalue weighted by Gasteiger charge is -2.01. The van der Waals surface area contributed by atoms with Crippen LogP contribution in [0, 0.1) is 10.1 Å². The number of hydrogen-bond acceptors (Lipinski definition) is 5. The van der Waals surface area contributed by atoms with Gasteiger partial charge in [0.1, 0.15) is 22.8 Å². The second-order valence-electron chi connectivity index (χ2n) is 5.92. The molecule has 2 heterocycles. The van der Waals surface area contributed by atoms with Crippen LogP contribution in [0.15, 0.2) is 71.1 Å². The van der Waals surface area contributed by atoms with Crippen molar-refractivity contribution in [2.45, 2.75) is 0 Å². The number of nitro benzene ring substituents is 1. The first-order valence-electron chi connectivity index (χ1n) is 8.22. The lowest BCUT2D eigenvalue weighted by Crippen LogP contribution is -1.86. The molecule has 0 aliphatic rings. The molecule has 0 unspecified atom stereocenters. The number of pyridine rings is 1. The van der Waals surface area contributed by atoms with Gasteiger partial charge in [-0.05, 0) is 48.6 Å². The molecule has 0 saturated heterocycles. The van der Waals surface area contributed by atoms with Crippen molar-refractivity contribution in [3.05, 3.63) is 88.3 Å². The van der Waals surface area contributed by atoms with E-state index in [0.29, 0.717) is 22.7 Å². The molecule has 6 heteroatoms. The summed E-state index contributed by atoms with van der Waals surface area (Å²) in [5.74, 6) is 1.39. The van der Waals surface area contributed by atoms with Gasteiger partial charge in [0, 0.05) is 23.1 Å². The van der Waals surface area contributed by atoms with Gasteiger partial charge in [0.2, 0.25) is 0 Å². The Morgan fingerprint density at radius 3 is 2.56 bits per heavy atom. The van der Waals surface area contributed by atoms with Crippen LogP contribution < -0.4 is 0 Å². The molecular formula is C21H14N2O4. The van der Waals surface area contributed by atoms with Crippen molar-refractivity contribution in [1.29, 1.82) is 0 Å². The number of furan rings is 1. The van der Waals surface area contributed by atoms with Crippen LogP contribution in [-0.4, -0.2) is 15.0 Å². The maximum absolute atomic E-state index is 10.7. The minimum Gasteiger partial charge on any atom is -0.506 e. The van der Waals surface area contributed by atoms with Crippen LogP contribution in [0.25, 0.3) is 34.4 Å². The summed E-state index contributed by atoms with van der Waals surface area (Å²) in [6, 6.07) is 18.8. The number of aromatic hydroxyl groups is 1. The maximum atomic E-state index is 10.7. The number of rotatable bonds is 4. The molecule has 0 amide bonds. The van der Waals surface area contributed by atoms with Gasteiger partial charge in [-0.25, -0.2) is 4.98 Å². The molecule has 6 nitrogen and oxygen atoms in total. The van der Waals surface area contributed by atoms with E-state index in [9.17, 15) is 15.2 Å². The fraction of sp³-hybridized carbons (Fsp3) is 0. The van der Waals surface area contributed by atoms with Crippen LogP contribution in [0.4, 0.5) is 5.69 Å². The Kier molecular flexibility index (Phi) is 4.14. The molecule has 0 spiro atoms. The summed E-state index contributed by atoms with van der Waals surface area (Å²) in [7, 11) is 0. The summed E-state index contributed by atoms with van der Waals surface area (Å²) < 4.78 is 5.77. The maximum Gasteiger partial charge on any atom is 0.269 e. The quantitative estimate of drug-likeness (QED) is 0.396. The summed E-state index contributed by atoms with van der Waals surface area (Å²) in [6.45, 7) is 0. The Labute approximate surface area is 154 Å². The van der Waals surface area contributed by atoms with Crippen molar-refractivity contribution in [1.82, 2.24) is 4.98 Å². The highest BCUT2D eigenvalue weighted by atomic mass is 16.6. The van der Waals surface area contributed by atoms with Crippen LogP contribution in [0.1, 0.15) is 11.5 Å². The van der Waals surface area contributed by atoms with E-state index in [0.717, 1.165) is 10.9 Å². The minimum absolute atomic E-state index is 0.0380. The first kappa shape index (κ1) is 16.5. The van der Waals surface area contributed by atoms with Gasteiger partial charge < -0.3 is 9.52 Å². The predicted molar refractivity (Wildman–Crippen MR) is 103 cm³/mol. The van der Waals surface area contributed by atoms with Gasteiger partial charge >= 0.3 is 0 Å². The third kappa shape index (κ3) is 3.41. The van der Waals surface area contributed by atoms with Crippen LogP contribution >= 0.6 is 0 Å². The zero-order valence-electron chi connectivity index (χ0n) is 14.1. The number of phenolic OH excluding ortho intramolecular Hbond substituents is 1. The number of fused-ring (bicyclic) bond motifs is 1. The van der Waals surface area contributed by atoms with Crippen LogP contribution in [0.2, 0.25) is 0 Å². The van der Waals surface area contributed by atoms with Gasteiger partial charge in [0.15, 0.2) is 0 Å². The standard InChI is InChI=1S/C21H14N2O4/c24-19-3-1-2-15-4-7-16(22-21(15)19)8-11-18-12-13-20(27-18)14-5-9-17(10-6-14)23(25)26/h1-13,24H. The fourth-order valence-corrected chi connectivity index (χ4v) is 2.75. The number of nitro groups is 1. The molecule has 0 aliphatic carbocycles. The molecule has 2 aromatic heterocycles. The highest BCUT2D eigenvalue weighted by Gasteiger charge is 2.08. The van der Waals surface area contributed by atoms with Crippen molar-refractivity contribution in [2.75, 3.05) is 0 Å². The van der Waals surface area contributed by atoms with Gasteiger partial charge in [-0.3, -0.25) is 10.1 Å². The number of non-ortho nitro benzene ring substituents is 1. The monoisotopic (exact) mass is 358 g/mol. The molecule has 4 rings (SSSR count). The molecule has 0 saturated carbocycles. The number of phenols is 1. The number of hydrogen-bond donors (Lipinski definition) is 1. The predicted octanol–water partition coefficient (Wildman–Crippen LogP) is 5.28. The minimum atomic E-state index is -0.436. The third-order valence-corrected chi connectivity index (χ3v) is 4.13. The number of aromatic nitrogens is 1. The van der Waals surface area contributed by atoms with Gasteiger partial charge in [-0.15, -0.1) is 0 Å². The molecule has 132 valence electrons. The second kappa shape index (κ2) is 6.76. The smallest absolute Gasteiger partial charge is 0.269 e. The van der Waals surface area contributed by atoms with Crippen molar-refractivity contribution in [3.8, 4) is 17.1 Å². The third-order valence-electron chi connectivity index (χ3n) is 4.13. The van der Waals surface area contributed by atoms with Crippen LogP contribution in [0.3, 0.4) is 0 Å². The first-order chi connectivity index (χ1) is 13.1. The van der Waals surface area contributed by atoms with E-state index >= 15 is 0 Å². The van der Waals surface area contributed by atoms with E-state index in [-0.39, 0.29) is 11.4 Å². The highest BCUT2D eigenvalue weighted by Crippen LogP contribution is 2.26. The Bertz CT molecular complexity index is 1160. The molecule has 27 heavy (non-hydrogen) atoms. The largest absolute Gasteiger partial charge is 0.506 e. The molecule has 0 radical (unpaired) electrons. The van der Waals surface area contributed by atoms with Crippen molar-refractivity contribution in [3.63, 3.8) is 0 Å². The van der Waals surface area contributed by atoms with Crippen molar-refractivity contribution < 1.29 is 14.4 Å². The molecule has 2 aromatic carbocycles. The Morgan fingerprint density at radius 2 is 1.78 bits per heavy atom. The first-order valence-corrected chi connectivity index (χ1v) is 8.22. The van der Waals surface area contributed by atoms with E-state index in [1.54, 1.807) is 42.5 Å². The molecular weight excluding hydrogens is 344 g/mol. The second-order valence-corrected chi connectivity index (χ2v) is 5.92. The molecule has 0 aliphatic heterocycles. The van der Waals surface area contributed by atoms with Gasteiger partial charge in [0.25, 0.3) is 5.69 Å². The van der Waals surface area contributed by atoms with Crippen molar-refractivity contribution >= 4 is 28.7 Å². The Morgan fingerprint density at radius 1 is 0.963 bits per heavy atom. The lowest BCUT2D eigenvalue weighted by molar-refractivity contribution is -0.384. The van der Waals surface area contributed by atoms with Gasteiger partial charge in [-0.2, -0.15) is 0 Å². The zero-order chi connectivity index (χ0) is 18.8. The summed E-state index contributed by atoms with van der Waals surface area (Å²) in [5, 5.41) is 21.5. The Balaban J connectivity index is 1.57. The summed E-state index contributed by atoms with van der Waals surface area (Å²) in [5.41, 5.74) is 2.04. The molecule has 0 atom stereocenters.